The zero-order chi connectivity index (χ0) is 15.6. The van der Waals surface area contributed by atoms with Crippen LogP contribution in [0.5, 0.6) is 0 Å². The van der Waals surface area contributed by atoms with Crippen molar-refractivity contribution in [2.75, 3.05) is 5.32 Å². The molecule has 6 nitrogen and oxygen atoms in total. The van der Waals surface area contributed by atoms with E-state index >= 15 is 0 Å². The topological polar surface area (TPSA) is 84.2 Å². The highest BCUT2D eigenvalue weighted by Gasteiger charge is 2.17. The molecular formula is C14H14IN3O3. The quantitative estimate of drug-likeness (QED) is 0.775. The number of aromatic nitrogens is 2. The monoisotopic (exact) mass is 399 g/mol. The molecule has 7 heteroatoms. The molecule has 2 aromatic rings. The summed E-state index contributed by atoms with van der Waals surface area (Å²) in [4.78, 5) is 23.5. The maximum Gasteiger partial charge on any atom is 0.337 e. The van der Waals surface area contributed by atoms with E-state index in [-0.39, 0.29) is 17.2 Å². The lowest BCUT2D eigenvalue weighted by Gasteiger charge is -2.09. The van der Waals surface area contributed by atoms with Crippen LogP contribution in [0, 0.1) is 10.5 Å². The van der Waals surface area contributed by atoms with Gasteiger partial charge in [0.2, 0.25) is 0 Å². The maximum atomic E-state index is 12.3. The van der Waals surface area contributed by atoms with E-state index in [1.807, 2.05) is 29.5 Å². The number of benzene rings is 1. The molecule has 0 atom stereocenters. The van der Waals surface area contributed by atoms with Gasteiger partial charge in [-0.25, -0.2) is 4.79 Å². The molecule has 2 rings (SSSR count). The summed E-state index contributed by atoms with van der Waals surface area (Å²) < 4.78 is 2.37. The van der Waals surface area contributed by atoms with Crippen molar-refractivity contribution in [2.24, 2.45) is 0 Å². The van der Waals surface area contributed by atoms with Gasteiger partial charge in [-0.1, -0.05) is 0 Å². The second-order valence-corrected chi connectivity index (χ2v) is 5.68. The Morgan fingerprint density at radius 1 is 1.38 bits per heavy atom. The molecule has 0 bridgehead atoms. The number of rotatable bonds is 4. The summed E-state index contributed by atoms with van der Waals surface area (Å²) in [6.07, 6.45) is 0. The number of aryl methyl sites for hydroxylation is 2. The van der Waals surface area contributed by atoms with Crippen molar-refractivity contribution in [1.29, 1.82) is 0 Å². The van der Waals surface area contributed by atoms with Gasteiger partial charge in [0, 0.05) is 10.1 Å². The van der Waals surface area contributed by atoms with E-state index in [0.717, 1.165) is 9.26 Å². The van der Waals surface area contributed by atoms with Crippen molar-refractivity contribution >= 4 is 40.2 Å². The molecule has 2 N–H and O–H groups in total. The summed E-state index contributed by atoms with van der Waals surface area (Å²) in [5.41, 5.74) is 1.48. The minimum absolute atomic E-state index is 0.0644. The molecule has 1 amide bonds. The summed E-state index contributed by atoms with van der Waals surface area (Å²) in [5.74, 6) is -1.45. The number of hydrogen-bond donors (Lipinski definition) is 2. The van der Waals surface area contributed by atoms with Crippen molar-refractivity contribution in [2.45, 2.75) is 20.4 Å². The largest absolute Gasteiger partial charge is 0.478 e. The van der Waals surface area contributed by atoms with Crippen molar-refractivity contribution in [3.63, 3.8) is 0 Å². The average molecular weight is 399 g/mol. The lowest BCUT2D eigenvalue weighted by Crippen LogP contribution is -2.19. The second kappa shape index (κ2) is 6.25. The van der Waals surface area contributed by atoms with Crippen LogP contribution in [0.1, 0.15) is 33.5 Å². The van der Waals surface area contributed by atoms with E-state index in [2.05, 4.69) is 10.4 Å². The van der Waals surface area contributed by atoms with Crippen LogP contribution >= 0.6 is 22.6 Å². The van der Waals surface area contributed by atoms with Gasteiger partial charge in [-0.2, -0.15) is 5.10 Å². The molecule has 0 unspecified atom stereocenters. The van der Waals surface area contributed by atoms with Crippen molar-refractivity contribution in [3.8, 4) is 0 Å². The van der Waals surface area contributed by atoms with E-state index in [4.69, 9.17) is 0 Å². The minimum Gasteiger partial charge on any atom is -0.478 e. The van der Waals surface area contributed by atoms with Crippen LogP contribution < -0.4 is 5.32 Å². The number of halogens is 1. The van der Waals surface area contributed by atoms with Gasteiger partial charge in [-0.15, -0.1) is 0 Å². The van der Waals surface area contributed by atoms with Crippen LogP contribution in [0.15, 0.2) is 24.3 Å². The summed E-state index contributed by atoms with van der Waals surface area (Å²) in [7, 11) is 0. The van der Waals surface area contributed by atoms with Crippen LogP contribution in [-0.2, 0) is 6.54 Å². The number of carboxylic acids is 1. The fraction of sp³-hybridized carbons (Fsp3) is 0.214. The van der Waals surface area contributed by atoms with E-state index in [1.54, 1.807) is 29.8 Å². The summed E-state index contributed by atoms with van der Waals surface area (Å²) >= 11 is 2.03. The number of anilines is 1. The highest BCUT2D eigenvalue weighted by molar-refractivity contribution is 14.1. The van der Waals surface area contributed by atoms with Crippen LogP contribution in [0.2, 0.25) is 0 Å². The first-order chi connectivity index (χ1) is 9.92. The van der Waals surface area contributed by atoms with Crippen molar-refractivity contribution in [3.05, 3.63) is 44.8 Å². The number of nitrogens with zero attached hydrogens (tertiary/aromatic N) is 2. The molecule has 0 fully saturated rings. The highest BCUT2D eigenvalue weighted by Crippen LogP contribution is 2.20. The molecule has 0 saturated heterocycles. The molecule has 1 aromatic carbocycles. The Kier molecular flexibility index (Phi) is 4.61. The number of hydrogen-bond acceptors (Lipinski definition) is 3. The van der Waals surface area contributed by atoms with Gasteiger partial charge in [0.05, 0.1) is 16.9 Å². The van der Waals surface area contributed by atoms with Crippen molar-refractivity contribution < 1.29 is 14.7 Å². The molecule has 0 aliphatic heterocycles. The Hall–Kier alpha value is -1.90. The van der Waals surface area contributed by atoms with E-state index < -0.39 is 5.97 Å². The second-order valence-electron chi connectivity index (χ2n) is 4.44. The Morgan fingerprint density at radius 2 is 2.10 bits per heavy atom. The van der Waals surface area contributed by atoms with Gasteiger partial charge in [-0.3, -0.25) is 9.48 Å². The third kappa shape index (κ3) is 3.41. The maximum absolute atomic E-state index is 12.3. The number of carbonyl (C=O) groups is 2. The molecule has 0 radical (unpaired) electrons. The summed E-state index contributed by atoms with van der Waals surface area (Å²) in [6, 6.07) is 6.51. The van der Waals surface area contributed by atoms with Crippen LogP contribution in [-0.4, -0.2) is 26.8 Å². The molecular weight excluding hydrogens is 385 g/mol. The third-order valence-electron chi connectivity index (χ3n) is 2.89. The Balaban J connectivity index is 2.33. The Labute approximate surface area is 135 Å². The minimum atomic E-state index is -1.08. The molecule has 1 aromatic heterocycles. The Morgan fingerprint density at radius 3 is 2.71 bits per heavy atom. The molecule has 0 aliphatic rings. The first-order valence-corrected chi connectivity index (χ1v) is 7.39. The first kappa shape index (κ1) is 15.5. The number of carbonyl (C=O) groups excluding carboxylic acids is 1. The predicted molar refractivity (Wildman–Crippen MR) is 86.7 cm³/mol. The first-order valence-electron chi connectivity index (χ1n) is 6.31. The number of carboxylic acid groups (broad SMARTS) is 1. The normalized spacial score (nSPS) is 10.4. The SMILES string of the molecule is CCn1nc(C)cc1C(=O)Nc1ccc(I)cc1C(=O)O. The fourth-order valence-corrected chi connectivity index (χ4v) is 2.45. The van der Waals surface area contributed by atoms with Crippen LogP contribution in [0.3, 0.4) is 0 Å². The molecule has 21 heavy (non-hydrogen) atoms. The van der Waals surface area contributed by atoms with E-state index in [1.165, 1.54) is 6.07 Å². The van der Waals surface area contributed by atoms with Crippen molar-refractivity contribution in [1.82, 2.24) is 9.78 Å². The molecule has 110 valence electrons. The number of aromatic carboxylic acids is 1. The summed E-state index contributed by atoms with van der Waals surface area (Å²) in [6.45, 7) is 4.25. The third-order valence-corrected chi connectivity index (χ3v) is 3.57. The van der Waals surface area contributed by atoms with Crippen LogP contribution in [0.25, 0.3) is 0 Å². The molecule has 0 saturated carbocycles. The highest BCUT2D eigenvalue weighted by atomic mass is 127. The van der Waals surface area contributed by atoms with Gasteiger partial charge < -0.3 is 10.4 Å². The Bertz CT molecular complexity index is 709. The molecule has 0 spiro atoms. The van der Waals surface area contributed by atoms with Gasteiger partial charge in [0.25, 0.3) is 5.91 Å². The van der Waals surface area contributed by atoms with Gasteiger partial charge in [-0.05, 0) is 60.7 Å². The standard InChI is InChI=1S/C14H14IN3O3/c1-3-18-12(6-8(2)17-18)13(19)16-11-5-4-9(15)7-10(11)14(20)21/h4-7H,3H2,1-2H3,(H,16,19)(H,20,21). The van der Waals surface area contributed by atoms with E-state index in [9.17, 15) is 14.7 Å². The fourth-order valence-electron chi connectivity index (χ4n) is 1.96. The lowest BCUT2D eigenvalue weighted by atomic mass is 10.1. The predicted octanol–water partition coefficient (Wildman–Crippen LogP) is 2.77. The number of nitrogens with one attached hydrogen (secondary N) is 1. The van der Waals surface area contributed by atoms with Gasteiger partial charge in [0.15, 0.2) is 0 Å². The zero-order valence-electron chi connectivity index (χ0n) is 11.6. The van der Waals surface area contributed by atoms with Gasteiger partial charge in [0.1, 0.15) is 5.69 Å². The molecule has 0 aliphatic carbocycles. The van der Waals surface area contributed by atoms with Crippen LogP contribution in [0.4, 0.5) is 5.69 Å². The smallest absolute Gasteiger partial charge is 0.337 e. The van der Waals surface area contributed by atoms with Gasteiger partial charge >= 0.3 is 5.97 Å². The average Bonchev–Trinajstić information content (AvgIpc) is 2.81. The summed E-state index contributed by atoms with van der Waals surface area (Å²) in [5, 5.41) is 16.0. The lowest BCUT2D eigenvalue weighted by molar-refractivity contribution is 0.0698. The zero-order valence-corrected chi connectivity index (χ0v) is 13.7. The molecule has 1 heterocycles. The number of amides is 1. The van der Waals surface area contributed by atoms with E-state index in [0.29, 0.717) is 12.2 Å².